The molecule has 2 heterocycles. The summed E-state index contributed by atoms with van der Waals surface area (Å²) >= 11 is 6.55. The number of hydrogen-bond acceptors (Lipinski definition) is 7. The van der Waals surface area contributed by atoms with E-state index in [-0.39, 0.29) is 48.6 Å². The Morgan fingerprint density at radius 2 is 1.77 bits per heavy atom. The van der Waals surface area contributed by atoms with Crippen molar-refractivity contribution in [1.29, 1.82) is 0 Å². The van der Waals surface area contributed by atoms with Gasteiger partial charge in [0, 0.05) is 24.7 Å². The maximum absolute atomic E-state index is 13.1. The second-order valence-corrected chi connectivity index (χ2v) is 10.8. The fourth-order valence-electron chi connectivity index (χ4n) is 3.86. The van der Waals surface area contributed by atoms with Gasteiger partial charge < -0.3 is 9.47 Å². The van der Waals surface area contributed by atoms with Gasteiger partial charge in [-0.2, -0.15) is 12.7 Å². The van der Waals surface area contributed by atoms with Gasteiger partial charge in [-0.1, -0.05) is 60.4 Å². The standard InChI is InChI=1S/C23H24N2O6S3.Na.H/c26-22-21(33-23(32)24(22)16-18-8-6-12-25(18)34(27,28)29)15-17-7-4-5-11-20(17)31-14-13-30-19-9-2-1-3-10-19;;/h1-5,7,9-11,15,18H,6,8,12-14,16H2,(H,27,28,29);;. The second kappa shape index (κ2) is 12.7. The molecule has 2 saturated heterocycles. The molecule has 0 aromatic heterocycles. The summed E-state index contributed by atoms with van der Waals surface area (Å²) in [6, 6.07) is 16.3. The predicted molar refractivity (Wildman–Crippen MR) is 142 cm³/mol. The van der Waals surface area contributed by atoms with E-state index in [1.807, 2.05) is 54.6 Å². The van der Waals surface area contributed by atoms with Crippen molar-refractivity contribution in [2.24, 2.45) is 0 Å². The van der Waals surface area contributed by atoms with E-state index in [2.05, 4.69) is 0 Å². The molecule has 12 heteroatoms. The molecule has 1 atom stereocenters. The Morgan fingerprint density at radius 1 is 1.09 bits per heavy atom. The van der Waals surface area contributed by atoms with Crippen LogP contribution in [0.5, 0.6) is 11.5 Å². The van der Waals surface area contributed by atoms with Gasteiger partial charge in [0.2, 0.25) is 0 Å². The van der Waals surface area contributed by atoms with Crippen LogP contribution in [0.25, 0.3) is 6.08 Å². The number of carbonyl (C=O) groups excluding carboxylic acids is 1. The SMILES string of the molecule is O=C1C(=Cc2ccccc2OCCOc2ccccc2)SC(=S)N1CC1CCCN1S(=O)(=O)O.[NaH]. The van der Waals surface area contributed by atoms with E-state index in [4.69, 9.17) is 21.7 Å². The molecule has 4 rings (SSSR count). The monoisotopic (exact) mass is 544 g/mol. The third kappa shape index (κ3) is 7.30. The molecule has 0 bridgehead atoms. The van der Waals surface area contributed by atoms with Crippen molar-refractivity contribution in [2.45, 2.75) is 18.9 Å². The Kier molecular flexibility index (Phi) is 10.2. The van der Waals surface area contributed by atoms with E-state index >= 15 is 0 Å². The molecule has 0 spiro atoms. The van der Waals surface area contributed by atoms with Crippen molar-refractivity contribution in [3.63, 3.8) is 0 Å². The number of nitrogens with zero attached hydrogens (tertiary/aromatic N) is 2. The van der Waals surface area contributed by atoms with E-state index in [9.17, 15) is 17.8 Å². The molecular formula is C23H25N2NaO6S3. The van der Waals surface area contributed by atoms with Gasteiger partial charge in [0.05, 0.1) is 4.91 Å². The molecule has 2 aliphatic rings. The van der Waals surface area contributed by atoms with Crippen LogP contribution in [0.2, 0.25) is 0 Å². The first-order chi connectivity index (χ1) is 16.3. The number of para-hydroxylation sites is 2. The third-order valence-electron chi connectivity index (χ3n) is 5.44. The summed E-state index contributed by atoms with van der Waals surface area (Å²) in [5.41, 5.74) is 0.725. The first kappa shape index (κ1) is 28.1. The zero-order chi connectivity index (χ0) is 24.1. The van der Waals surface area contributed by atoms with Gasteiger partial charge >= 0.3 is 39.9 Å². The third-order valence-corrected chi connectivity index (χ3v) is 7.90. The first-order valence-corrected chi connectivity index (χ1v) is 13.3. The zero-order valence-corrected chi connectivity index (χ0v) is 20.7. The number of carbonyl (C=O) groups is 1. The summed E-state index contributed by atoms with van der Waals surface area (Å²) in [5, 5.41) is 0. The molecule has 182 valence electrons. The summed E-state index contributed by atoms with van der Waals surface area (Å²) in [4.78, 5) is 14.9. The van der Waals surface area contributed by atoms with Crippen molar-refractivity contribution in [3.05, 3.63) is 65.1 Å². The number of rotatable bonds is 9. The van der Waals surface area contributed by atoms with Crippen molar-refractivity contribution < 1.29 is 27.2 Å². The molecule has 1 N–H and O–H groups in total. The molecule has 8 nitrogen and oxygen atoms in total. The van der Waals surface area contributed by atoms with Crippen LogP contribution < -0.4 is 9.47 Å². The molecule has 2 aromatic carbocycles. The van der Waals surface area contributed by atoms with Gasteiger partial charge in [-0.15, -0.1) is 0 Å². The topological polar surface area (TPSA) is 96.4 Å². The van der Waals surface area contributed by atoms with Gasteiger partial charge in [-0.3, -0.25) is 14.2 Å². The Balaban J connectivity index is 0.00000342. The predicted octanol–water partition coefficient (Wildman–Crippen LogP) is 2.96. The summed E-state index contributed by atoms with van der Waals surface area (Å²) in [6.07, 6.45) is 2.90. The Labute approximate surface area is 236 Å². The summed E-state index contributed by atoms with van der Waals surface area (Å²) < 4.78 is 45.6. The van der Waals surface area contributed by atoms with Crippen LogP contribution >= 0.6 is 24.0 Å². The summed E-state index contributed by atoms with van der Waals surface area (Å²) in [6.45, 7) is 1.03. The van der Waals surface area contributed by atoms with E-state index in [0.29, 0.717) is 41.0 Å². The number of benzene rings is 2. The Hall–Kier alpha value is -1.44. The molecule has 2 fully saturated rings. The Morgan fingerprint density at radius 3 is 2.51 bits per heavy atom. The fourth-order valence-corrected chi connectivity index (χ4v) is 6.04. The molecule has 1 unspecified atom stereocenters. The first-order valence-electron chi connectivity index (χ1n) is 10.7. The van der Waals surface area contributed by atoms with Crippen LogP contribution in [-0.4, -0.2) is 94.3 Å². The Bertz CT molecular complexity index is 1190. The molecule has 2 aliphatic heterocycles. The molecule has 35 heavy (non-hydrogen) atoms. The molecular weight excluding hydrogens is 519 g/mol. The molecule has 1 amide bonds. The van der Waals surface area contributed by atoms with Gasteiger partial charge in [-0.25, -0.2) is 0 Å². The second-order valence-electron chi connectivity index (χ2n) is 7.72. The van der Waals surface area contributed by atoms with E-state index in [1.54, 1.807) is 6.08 Å². The van der Waals surface area contributed by atoms with Crippen molar-refractivity contribution in [2.75, 3.05) is 26.3 Å². The average molecular weight is 545 g/mol. The quantitative estimate of drug-likeness (QED) is 0.169. The summed E-state index contributed by atoms with van der Waals surface area (Å²) in [7, 11) is -4.32. The number of amides is 1. The van der Waals surface area contributed by atoms with Crippen molar-refractivity contribution >= 4 is 80.1 Å². The molecule has 2 aromatic rings. The van der Waals surface area contributed by atoms with E-state index < -0.39 is 16.3 Å². The number of thioether (sulfide) groups is 1. The molecule has 0 aliphatic carbocycles. The fraction of sp³-hybridized carbons (Fsp3) is 0.304. The zero-order valence-electron chi connectivity index (χ0n) is 18.2. The average Bonchev–Trinajstić information content (AvgIpc) is 3.39. The van der Waals surface area contributed by atoms with Crippen LogP contribution in [0.15, 0.2) is 59.5 Å². The van der Waals surface area contributed by atoms with Crippen LogP contribution in [-0.2, 0) is 15.1 Å². The van der Waals surface area contributed by atoms with Crippen LogP contribution in [0, 0.1) is 0 Å². The number of thiocarbonyl (C=S) groups is 1. The van der Waals surface area contributed by atoms with E-state index in [0.717, 1.165) is 27.4 Å². The van der Waals surface area contributed by atoms with Gasteiger partial charge in [0.25, 0.3) is 5.91 Å². The van der Waals surface area contributed by atoms with Gasteiger partial charge in [-0.05, 0) is 37.1 Å². The summed E-state index contributed by atoms with van der Waals surface area (Å²) in [5.74, 6) is 1.08. The molecule has 0 saturated carbocycles. The minimum absolute atomic E-state index is 0. The van der Waals surface area contributed by atoms with Crippen molar-refractivity contribution in [1.82, 2.24) is 9.21 Å². The van der Waals surface area contributed by atoms with Crippen molar-refractivity contribution in [3.8, 4) is 11.5 Å². The number of hydrogen-bond donors (Lipinski definition) is 1. The van der Waals surface area contributed by atoms with Gasteiger partial charge in [0.1, 0.15) is 29.0 Å². The molecule has 0 radical (unpaired) electrons. The van der Waals surface area contributed by atoms with Crippen LogP contribution in [0.4, 0.5) is 0 Å². The normalized spacial score (nSPS) is 19.7. The van der Waals surface area contributed by atoms with Crippen LogP contribution in [0.3, 0.4) is 0 Å². The van der Waals surface area contributed by atoms with E-state index in [1.165, 1.54) is 4.90 Å². The van der Waals surface area contributed by atoms with Gasteiger partial charge in [0.15, 0.2) is 0 Å². The van der Waals surface area contributed by atoms with Crippen LogP contribution in [0.1, 0.15) is 18.4 Å². The maximum atomic E-state index is 13.1. The number of ether oxygens (including phenoxy) is 2. The minimum atomic E-state index is -4.32.